The van der Waals surface area contributed by atoms with Crippen molar-refractivity contribution in [3.63, 3.8) is 0 Å². The predicted molar refractivity (Wildman–Crippen MR) is 110 cm³/mol. The largest absolute Gasteiger partial charge is 0.497 e. The molecule has 0 aromatic heterocycles. The molecule has 7 heteroatoms. The number of hydrogen-bond donors (Lipinski definition) is 1. The van der Waals surface area contributed by atoms with Crippen LogP contribution in [0.2, 0.25) is 0 Å². The van der Waals surface area contributed by atoms with Crippen LogP contribution in [-0.4, -0.2) is 34.5 Å². The molecule has 1 heterocycles. The van der Waals surface area contributed by atoms with Crippen molar-refractivity contribution in [1.29, 1.82) is 0 Å². The quantitative estimate of drug-likeness (QED) is 0.757. The number of fused-ring (bicyclic) bond motifs is 1. The Kier molecular flexibility index (Phi) is 6.16. The average Bonchev–Trinajstić information content (AvgIpc) is 2.71. The van der Waals surface area contributed by atoms with E-state index in [1.54, 1.807) is 37.1 Å². The molecule has 2 aromatic rings. The fourth-order valence-corrected chi connectivity index (χ4v) is 4.26. The predicted octanol–water partition coefficient (Wildman–Crippen LogP) is 2.99. The molecule has 0 atom stereocenters. The molecule has 2 aromatic carbocycles. The van der Waals surface area contributed by atoms with Crippen molar-refractivity contribution in [2.45, 2.75) is 24.7 Å². The van der Waals surface area contributed by atoms with Crippen molar-refractivity contribution in [3.8, 4) is 5.75 Å². The number of rotatable bonds is 6. The number of hydrogen-bond acceptors (Lipinski definition) is 4. The number of carbonyl (C=O) groups excluding carboxylic acids is 1. The second kappa shape index (κ2) is 8.58. The van der Waals surface area contributed by atoms with Gasteiger partial charge in [0.2, 0.25) is 10.0 Å². The number of aryl methyl sites for hydroxylation is 1. The molecule has 1 amide bonds. The Hall–Kier alpha value is -2.64. The molecule has 148 valence electrons. The second-order valence-electron chi connectivity index (χ2n) is 6.49. The highest BCUT2D eigenvalue weighted by Gasteiger charge is 2.21. The van der Waals surface area contributed by atoms with Gasteiger partial charge in [-0.3, -0.25) is 4.79 Å². The molecule has 0 radical (unpaired) electrons. The van der Waals surface area contributed by atoms with Crippen LogP contribution in [0.25, 0.3) is 6.08 Å². The van der Waals surface area contributed by atoms with E-state index in [1.165, 1.54) is 18.2 Å². The number of methoxy groups -OCH3 is 1. The highest BCUT2D eigenvalue weighted by atomic mass is 32.2. The Morgan fingerprint density at radius 2 is 1.96 bits per heavy atom. The molecule has 6 nitrogen and oxygen atoms in total. The molecule has 3 rings (SSSR count). The summed E-state index contributed by atoms with van der Waals surface area (Å²) in [5.41, 5.74) is 2.77. The molecule has 28 heavy (non-hydrogen) atoms. The molecular formula is C21H24N2O4S. The number of ether oxygens (including phenoxy) is 1. The fourth-order valence-electron chi connectivity index (χ4n) is 3.22. The van der Waals surface area contributed by atoms with Gasteiger partial charge in [0.15, 0.2) is 0 Å². The number of anilines is 1. The van der Waals surface area contributed by atoms with Crippen LogP contribution >= 0.6 is 0 Å². The number of amides is 1. The normalized spacial score (nSPS) is 14.1. The van der Waals surface area contributed by atoms with E-state index in [1.807, 2.05) is 18.2 Å². The summed E-state index contributed by atoms with van der Waals surface area (Å²) in [6.45, 7) is 2.74. The van der Waals surface area contributed by atoms with Crippen molar-refractivity contribution in [2.75, 3.05) is 25.1 Å². The van der Waals surface area contributed by atoms with Crippen LogP contribution in [0.5, 0.6) is 5.75 Å². The van der Waals surface area contributed by atoms with Gasteiger partial charge in [-0.05, 0) is 60.4 Å². The minimum atomic E-state index is -3.47. The van der Waals surface area contributed by atoms with Crippen molar-refractivity contribution in [2.24, 2.45) is 0 Å². The van der Waals surface area contributed by atoms with Crippen LogP contribution in [-0.2, 0) is 21.2 Å². The van der Waals surface area contributed by atoms with Crippen LogP contribution < -0.4 is 14.4 Å². The van der Waals surface area contributed by atoms with E-state index >= 15 is 0 Å². The van der Waals surface area contributed by atoms with Gasteiger partial charge in [0.25, 0.3) is 5.91 Å². The summed E-state index contributed by atoms with van der Waals surface area (Å²) >= 11 is 0. The van der Waals surface area contributed by atoms with Gasteiger partial charge in [-0.1, -0.05) is 19.1 Å². The van der Waals surface area contributed by atoms with Gasteiger partial charge >= 0.3 is 0 Å². The maximum Gasteiger partial charge on any atom is 0.250 e. The van der Waals surface area contributed by atoms with Crippen LogP contribution in [0.15, 0.2) is 53.4 Å². The third-order valence-corrected chi connectivity index (χ3v) is 6.18. The lowest BCUT2D eigenvalue weighted by Crippen LogP contribution is -2.34. The Morgan fingerprint density at radius 3 is 2.64 bits per heavy atom. The van der Waals surface area contributed by atoms with Crippen LogP contribution in [0.4, 0.5) is 5.69 Å². The highest BCUT2D eigenvalue weighted by Crippen LogP contribution is 2.30. The Bertz CT molecular complexity index is 982. The minimum absolute atomic E-state index is 0.101. The molecule has 0 saturated heterocycles. The summed E-state index contributed by atoms with van der Waals surface area (Å²) in [4.78, 5) is 14.7. The number of benzene rings is 2. The summed E-state index contributed by atoms with van der Waals surface area (Å²) in [5, 5.41) is 0. The van der Waals surface area contributed by atoms with E-state index in [0.717, 1.165) is 35.4 Å². The number of nitrogens with zero attached hydrogens (tertiary/aromatic N) is 1. The number of nitrogens with one attached hydrogen (secondary N) is 1. The van der Waals surface area contributed by atoms with Crippen molar-refractivity contribution in [3.05, 3.63) is 59.7 Å². The van der Waals surface area contributed by atoms with E-state index in [0.29, 0.717) is 13.1 Å². The molecule has 0 bridgehead atoms. The van der Waals surface area contributed by atoms with Gasteiger partial charge in [-0.25, -0.2) is 13.1 Å². The summed E-state index contributed by atoms with van der Waals surface area (Å²) < 4.78 is 31.7. The third-order valence-electron chi connectivity index (χ3n) is 4.61. The topological polar surface area (TPSA) is 75.7 Å². The highest BCUT2D eigenvalue weighted by molar-refractivity contribution is 7.89. The standard InChI is InChI=1S/C21H24N2O4S/c1-3-22-28(25,26)19-10-6-16(7-11-19)8-13-21(24)23-14-4-5-17-15-18(27-2)9-12-20(17)23/h6-13,15,22H,3-5,14H2,1-2H3. The summed E-state index contributed by atoms with van der Waals surface area (Å²) in [6.07, 6.45) is 5.04. The lowest BCUT2D eigenvalue weighted by Gasteiger charge is -2.29. The molecular weight excluding hydrogens is 376 g/mol. The van der Waals surface area contributed by atoms with E-state index < -0.39 is 10.0 Å². The molecule has 0 saturated carbocycles. The van der Waals surface area contributed by atoms with Crippen LogP contribution in [0.1, 0.15) is 24.5 Å². The van der Waals surface area contributed by atoms with Gasteiger partial charge in [-0.15, -0.1) is 0 Å². The van der Waals surface area contributed by atoms with Gasteiger partial charge < -0.3 is 9.64 Å². The molecule has 1 aliphatic rings. The van der Waals surface area contributed by atoms with Gasteiger partial charge in [0.1, 0.15) is 5.75 Å². The van der Waals surface area contributed by atoms with E-state index in [4.69, 9.17) is 4.74 Å². The van der Waals surface area contributed by atoms with E-state index in [9.17, 15) is 13.2 Å². The molecule has 1 aliphatic heterocycles. The SMILES string of the molecule is CCNS(=O)(=O)c1ccc(C=CC(=O)N2CCCc3cc(OC)ccc32)cc1. The first kappa shape index (κ1) is 20.1. The van der Waals surface area contributed by atoms with E-state index in [2.05, 4.69) is 4.72 Å². The molecule has 1 N–H and O–H groups in total. The van der Waals surface area contributed by atoms with Crippen LogP contribution in [0, 0.1) is 0 Å². The Balaban J connectivity index is 1.74. The molecule has 0 spiro atoms. The monoisotopic (exact) mass is 400 g/mol. The van der Waals surface area contributed by atoms with Crippen molar-refractivity contribution < 1.29 is 17.9 Å². The molecule has 0 unspecified atom stereocenters. The average molecular weight is 401 g/mol. The zero-order valence-electron chi connectivity index (χ0n) is 16.0. The first-order chi connectivity index (χ1) is 13.4. The number of sulfonamides is 1. The van der Waals surface area contributed by atoms with Crippen LogP contribution in [0.3, 0.4) is 0 Å². The Morgan fingerprint density at radius 1 is 1.21 bits per heavy atom. The van der Waals surface area contributed by atoms with Gasteiger partial charge in [0, 0.05) is 24.9 Å². The zero-order chi connectivity index (χ0) is 20.1. The zero-order valence-corrected chi connectivity index (χ0v) is 16.8. The van der Waals surface area contributed by atoms with Crippen molar-refractivity contribution >= 4 is 27.7 Å². The third kappa shape index (κ3) is 4.43. The summed E-state index contributed by atoms with van der Waals surface area (Å²) in [5.74, 6) is 0.687. The lowest BCUT2D eigenvalue weighted by atomic mass is 10.0. The fraction of sp³-hybridized carbons (Fsp3) is 0.286. The first-order valence-electron chi connectivity index (χ1n) is 9.21. The summed E-state index contributed by atoms with van der Waals surface area (Å²) in [6, 6.07) is 12.2. The number of carbonyl (C=O) groups is 1. The van der Waals surface area contributed by atoms with E-state index in [-0.39, 0.29) is 10.8 Å². The molecule has 0 aliphatic carbocycles. The minimum Gasteiger partial charge on any atom is -0.497 e. The Labute approximate surface area is 165 Å². The molecule has 0 fully saturated rings. The maximum atomic E-state index is 12.7. The van der Waals surface area contributed by atoms with Gasteiger partial charge in [-0.2, -0.15) is 0 Å². The maximum absolute atomic E-state index is 12.7. The second-order valence-corrected chi connectivity index (χ2v) is 8.26. The lowest BCUT2D eigenvalue weighted by molar-refractivity contribution is -0.114. The van der Waals surface area contributed by atoms with Gasteiger partial charge in [0.05, 0.1) is 12.0 Å². The van der Waals surface area contributed by atoms with Crippen molar-refractivity contribution in [1.82, 2.24) is 4.72 Å². The smallest absolute Gasteiger partial charge is 0.250 e. The first-order valence-corrected chi connectivity index (χ1v) is 10.7. The summed E-state index contributed by atoms with van der Waals surface area (Å²) in [7, 11) is -1.84.